The Balaban J connectivity index is 1.00. The average molecular weight is 805 g/mol. The molecule has 12 nitrogen and oxygen atoms in total. The van der Waals surface area contributed by atoms with Crippen molar-refractivity contribution in [3.8, 4) is 28.4 Å². The summed E-state index contributed by atoms with van der Waals surface area (Å²) in [6.45, 7) is 5.59. The SMILES string of the molecule is Cc1nc(C(=O)N2Cc3cc4c(cc3CC2C(=O)NC(Cc2ccc(-c3ccncc3C)cc2)C(=O)O)OCC(c2ccc(OC3CCC(Cl)CC3)cc2)O4)c(C)o1. The number of aliphatic carboxylic acids is 1. The maximum Gasteiger partial charge on any atom is 0.326 e. The number of alkyl halides is 1. The van der Waals surface area contributed by atoms with Crippen LogP contribution in [0.5, 0.6) is 17.2 Å². The van der Waals surface area contributed by atoms with E-state index in [9.17, 15) is 19.5 Å². The molecule has 1 aliphatic carbocycles. The molecule has 58 heavy (non-hydrogen) atoms. The van der Waals surface area contributed by atoms with Crippen LogP contribution < -0.4 is 19.5 Å². The van der Waals surface area contributed by atoms with E-state index in [1.54, 1.807) is 26.2 Å². The van der Waals surface area contributed by atoms with Crippen molar-refractivity contribution in [3.63, 3.8) is 0 Å². The number of carbonyl (C=O) groups is 3. The number of nitrogens with zero attached hydrogens (tertiary/aromatic N) is 3. The van der Waals surface area contributed by atoms with Crippen molar-refractivity contribution in [2.45, 2.75) is 95.5 Å². The molecule has 1 saturated carbocycles. The van der Waals surface area contributed by atoms with Crippen LogP contribution in [-0.2, 0) is 29.0 Å². The first-order valence-corrected chi connectivity index (χ1v) is 20.1. The van der Waals surface area contributed by atoms with Gasteiger partial charge in [0.1, 0.15) is 30.2 Å². The lowest BCUT2D eigenvalue weighted by atomic mass is 9.91. The zero-order chi connectivity index (χ0) is 40.5. The van der Waals surface area contributed by atoms with Crippen molar-refractivity contribution in [2.24, 2.45) is 0 Å². The van der Waals surface area contributed by atoms with Crippen LogP contribution in [0.15, 0.2) is 83.5 Å². The predicted molar refractivity (Wildman–Crippen MR) is 215 cm³/mol. The summed E-state index contributed by atoms with van der Waals surface area (Å²) in [6, 6.07) is 18.8. The Labute approximate surface area is 341 Å². The van der Waals surface area contributed by atoms with Gasteiger partial charge in [-0.2, -0.15) is 0 Å². The van der Waals surface area contributed by atoms with Gasteiger partial charge in [0.2, 0.25) is 5.91 Å². The molecular formula is C45H45ClN4O8. The molecule has 2 aliphatic heterocycles. The number of rotatable bonds is 10. The number of hydrogen-bond donors (Lipinski definition) is 2. The van der Waals surface area contributed by atoms with E-state index in [4.69, 9.17) is 30.2 Å². The molecule has 1 fully saturated rings. The molecule has 3 aliphatic rings. The highest BCUT2D eigenvalue weighted by atomic mass is 35.5. The highest BCUT2D eigenvalue weighted by molar-refractivity contribution is 6.20. The van der Waals surface area contributed by atoms with Gasteiger partial charge < -0.3 is 34.0 Å². The van der Waals surface area contributed by atoms with Gasteiger partial charge in [-0.05, 0) is 109 Å². The molecule has 2 N–H and O–H groups in total. The van der Waals surface area contributed by atoms with Crippen molar-refractivity contribution >= 4 is 29.4 Å². The number of carboxylic acid groups (broad SMARTS) is 1. The minimum atomic E-state index is -1.25. The van der Waals surface area contributed by atoms with Crippen LogP contribution >= 0.6 is 11.6 Å². The summed E-state index contributed by atoms with van der Waals surface area (Å²) < 4.78 is 24.5. The minimum absolute atomic E-state index is 0.0423. The topological polar surface area (TPSA) is 153 Å². The van der Waals surface area contributed by atoms with Crippen LogP contribution in [0.1, 0.15) is 81.7 Å². The molecule has 2 aromatic heterocycles. The number of aromatic nitrogens is 2. The van der Waals surface area contributed by atoms with E-state index in [-0.39, 0.29) is 49.3 Å². The van der Waals surface area contributed by atoms with E-state index in [2.05, 4.69) is 15.3 Å². The standard InChI is InChI=1S/C45H45ClN4O8/c1-25-22-47-17-16-36(25)29-6-4-28(5-7-29)18-37(45(53)54)49-43(51)38-19-31-20-39-40(21-32(31)23-50(38)44(52)42-26(2)56-27(3)48-42)58-41(24-55-39)30-8-12-34(13-9-30)57-35-14-10-33(46)11-15-35/h4-9,12-13,16-17,20-22,33,35,37-38,41H,10-11,14-15,18-19,23-24H2,1-3H3,(H,49,51)(H,53,54). The molecule has 0 saturated heterocycles. The van der Waals surface area contributed by atoms with Gasteiger partial charge >= 0.3 is 5.97 Å². The van der Waals surface area contributed by atoms with Crippen molar-refractivity contribution in [1.29, 1.82) is 0 Å². The molecule has 8 rings (SSSR count). The Bertz CT molecular complexity index is 2320. The van der Waals surface area contributed by atoms with Crippen LogP contribution in [0.4, 0.5) is 0 Å². The third-order valence-corrected chi connectivity index (χ3v) is 11.7. The maximum absolute atomic E-state index is 14.2. The second-order valence-corrected chi connectivity index (χ2v) is 15.9. The number of oxazole rings is 1. The van der Waals surface area contributed by atoms with Gasteiger partial charge in [0, 0.05) is 44.1 Å². The van der Waals surface area contributed by atoms with E-state index in [1.807, 2.05) is 73.7 Å². The number of carboxylic acids is 1. The summed E-state index contributed by atoms with van der Waals surface area (Å²) in [5.41, 5.74) is 6.33. The Morgan fingerprint density at radius 3 is 2.40 bits per heavy atom. The lowest BCUT2D eigenvalue weighted by molar-refractivity contribution is -0.142. The van der Waals surface area contributed by atoms with Crippen molar-refractivity contribution < 1.29 is 38.1 Å². The van der Waals surface area contributed by atoms with Gasteiger partial charge in [-0.3, -0.25) is 14.6 Å². The fourth-order valence-electron chi connectivity index (χ4n) is 8.04. The molecule has 5 aromatic rings. The number of nitrogens with one attached hydrogen (secondary N) is 1. The number of ether oxygens (including phenoxy) is 3. The Morgan fingerprint density at radius 2 is 1.71 bits per heavy atom. The molecule has 13 heteroatoms. The fraction of sp³-hybridized carbons (Fsp3) is 0.356. The molecule has 4 heterocycles. The number of fused-ring (bicyclic) bond motifs is 2. The summed E-state index contributed by atoms with van der Waals surface area (Å²) in [5.74, 6) is 0.208. The molecule has 3 unspecified atom stereocenters. The number of hydrogen-bond acceptors (Lipinski definition) is 9. The normalized spacial score (nSPS) is 20.4. The number of benzene rings is 3. The van der Waals surface area contributed by atoms with Crippen LogP contribution in [-0.4, -0.2) is 67.9 Å². The van der Waals surface area contributed by atoms with Gasteiger partial charge in [-0.25, -0.2) is 9.78 Å². The van der Waals surface area contributed by atoms with Gasteiger partial charge in [0.15, 0.2) is 29.2 Å². The quantitative estimate of drug-likeness (QED) is 0.136. The molecular weight excluding hydrogens is 760 g/mol. The zero-order valence-electron chi connectivity index (χ0n) is 32.6. The largest absolute Gasteiger partial charge is 0.490 e. The van der Waals surface area contributed by atoms with Gasteiger partial charge in [0.25, 0.3) is 5.91 Å². The number of amides is 2. The highest BCUT2D eigenvalue weighted by Gasteiger charge is 2.39. The monoisotopic (exact) mass is 804 g/mol. The summed E-state index contributed by atoms with van der Waals surface area (Å²) >= 11 is 6.27. The minimum Gasteiger partial charge on any atom is -0.490 e. The predicted octanol–water partition coefficient (Wildman–Crippen LogP) is 7.48. The zero-order valence-corrected chi connectivity index (χ0v) is 33.3. The molecule has 0 spiro atoms. The Kier molecular flexibility index (Phi) is 11.1. The molecule has 300 valence electrons. The lowest BCUT2D eigenvalue weighted by Crippen LogP contribution is -2.56. The number of halogens is 1. The number of pyridine rings is 1. The van der Waals surface area contributed by atoms with Gasteiger partial charge in [-0.15, -0.1) is 11.6 Å². The summed E-state index contributed by atoms with van der Waals surface area (Å²) in [7, 11) is 0. The number of aryl methyl sites for hydroxylation is 3. The van der Waals surface area contributed by atoms with Crippen molar-refractivity contribution in [3.05, 3.63) is 124 Å². The van der Waals surface area contributed by atoms with E-state index < -0.39 is 29.9 Å². The Morgan fingerprint density at radius 1 is 0.966 bits per heavy atom. The van der Waals surface area contributed by atoms with Crippen LogP contribution in [0.25, 0.3) is 11.1 Å². The molecule has 0 bridgehead atoms. The second-order valence-electron chi connectivity index (χ2n) is 15.3. The first kappa shape index (κ1) is 39.0. The average Bonchev–Trinajstić information content (AvgIpc) is 3.57. The third kappa shape index (κ3) is 8.38. The second kappa shape index (κ2) is 16.5. The fourth-order valence-corrected chi connectivity index (χ4v) is 8.29. The smallest absolute Gasteiger partial charge is 0.326 e. The van der Waals surface area contributed by atoms with E-state index >= 15 is 0 Å². The van der Waals surface area contributed by atoms with Crippen molar-refractivity contribution in [1.82, 2.24) is 20.2 Å². The van der Waals surface area contributed by atoms with Crippen LogP contribution in [0.3, 0.4) is 0 Å². The summed E-state index contributed by atoms with van der Waals surface area (Å²) in [5, 5.41) is 13.2. The summed E-state index contributed by atoms with van der Waals surface area (Å²) in [4.78, 5) is 50.8. The van der Waals surface area contributed by atoms with Crippen molar-refractivity contribution in [2.75, 3.05) is 6.61 Å². The molecule has 0 radical (unpaired) electrons. The first-order chi connectivity index (χ1) is 28.0. The summed E-state index contributed by atoms with van der Waals surface area (Å²) in [6.07, 6.45) is 7.24. The van der Waals surface area contributed by atoms with Crippen LogP contribution in [0.2, 0.25) is 0 Å². The van der Waals surface area contributed by atoms with E-state index in [1.165, 1.54) is 4.90 Å². The van der Waals surface area contributed by atoms with Crippen LogP contribution in [0, 0.1) is 20.8 Å². The third-order valence-electron chi connectivity index (χ3n) is 11.2. The molecule has 3 aromatic carbocycles. The maximum atomic E-state index is 14.2. The lowest BCUT2D eigenvalue weighted by Gasteiger charge is -2.37. The van der Waals surface area contributed by atoms with E-state index in [0.29, 0.717) is 23.1 Å². The first-order valence-electron chi connectivity index (χ1n) is 19.6. The van der Waals surface area contributed by atoms with E-state index in [0.717, 1.165) is 70.4 Å². The molecule has 2 amide bonds. The number of carbonyl (C=O) groups excluding carboxylic acids is 2. The Hall–Kier alpha value is -5.88. The van der Waals surface area contributed by atoms with Gasteiger partial charge in [0.05, 0.1) is 6.10 Å². The molecule has 3 atom stereocenters. The van der Waals surface area contributed by atoms with Gasteiger partial charge in [-0.1, -0.05) is 36.4 Å². The highest BCUT2D eigenvalue weighted by Crippen LogP contribution is 2.41.